The smallest absolute Gasteiger partial charge is 0.147 e. The topological polar surface area (TPSA) is 77.8 Å². The lowest BCUT2D eigenvalue weighted by atomic mass is 9.95. The van der Waals surface area contributed by atoms with Crippen molar-refractivity contribution in [2.24, 2.45) is 0 Å². The third-order valence-corrected chi connectivity index (χ3v) is 3.89. The Kier molecular flexibility index (Phi) is 3.07. The predicted molar refractivity (Wildman–Crippen MR) is 77.5 cm³/mol. The molecule has 0 aromatic carbocycles. The summed E-state index contributed by atoms with van der Waals surface area (Å²) >= 11 is 0. The zero-order valence-electron chi connectivity index (χ0n) is 10.8. The second-order valence-electron chi connectivity index (χ2n) is 5.11. The first kappa shape index (κ1) is 12.0. The third kappa shape index (κ3) is 2.26. The van der Waals surface area contributed by atoms with E-state index in [2.05, 4.69) is 16.0 Å². The molecule has 2 aromatic heterocycles. The van der Waals surface area contributed by atoms with Crippen LogP contribution in [0.2, 0.25) is 0 Å². The number of pyridine rings is 2. The molecule has 2 heterocycles. The molecule has 0 amide bonds. The van der Waals surface area contributed by atoms with Crippen molar-refractivity contribution < 1.29 is 0 Å². The monoisotopic (exact) mass is 254 g/mol. The Labute approximate surface area is 112 Å². The maximum absolute atomic E-state index is 6.11. The minimum absolute atomic E-state index is 0.441. The highest BCUT2D eigenvalue weighted by Crippen LogP contribution is 2.39. The van der Waals surface area contributed by atoms with Crippen LogP contribution < -0.4 is 11.5 Å². The van der Waals surface area contributed by atoms with Gasteiger partial charge < -0.3 is 11.5 Å². The molecule has 0 saturated heterocycles. The molecule has 2 aromatic rings. The third-order valence-electron chi connectivity index (χ3n) is 3.89. The van der Waals surface area contributed by atoms with E-state index in [4.69, 9.17) is 11.5 Å². The fourth-order valence-corrected chi connectivity index (χ4v) is 2.84. The maximum atomic E-state index is 6.11. The van der Waals surface area contributed by atoms with E-state index in [-0.39, 0.29) is 0 Å². The van der Waals surface area contributed by atoms with Crippen molar-refractivity contribution in [3.05, 3.63) is 36.2 Å². The van der Waals surface area contributed by atoms with Crippen molar-refractivity contribution in [3.8, 4) is 11.3 Å². The Bertz CT molecular complexity index is 574. The van der Waals surface area contributed by atoms with E-state index in [0.29, 0.717) is 17.4 Å². The van der Waals surface area contributed by atoms with Gasteiger partial charge in [0, 0.05) is 18.0 Å². The molecule has 4 N–H and O–H groups in total. The summed E-state index contributed by atoms with van der Waals surface area (Å²) in [5, 5.41) is 0. The maximum Gasteiger partial charge on any atom is 0.147 e. The quantitative estimate of drug-likeness (QED) is 0.863. The lowest BCUT2D eigenvalue weighted by Gasteiger charge is -2.15. The van der Waals surface area contributed by atoms with Crippen molar-refractivity contribution in [3.63, 3.8) is 0 Å². The average Bonchev–Trinajstić information content (AvgIpc) is 2.96. The van der Waals surface area contributed by atoms with Crippen molar-refractivity contribution in [2.45, 2.75) is 31.6 Å². The first-order chi connectivity index (χ1) is 9.25. The second-order valence-corrected chi connectivity index (χ2v) is 5.11. The summed E-state index contributed by atoms with van der Waals surface area (Å²) < 4.78 is 0. The Balaban J connectivity index is 2.07. The van der Waals surface area contributed by atoms with Gasteiger partial charge in [-0.05, 0) is 42.5 Å². The fraction of sp³-hybridized carbons (Fsp3) is 0.333. The van der Waals surface area contributed by atoms with Crippen LogP contribution in [0.1, 0.15) is 37.2 Å². The number of nitrogen functional groups attached to an aromatic ring is 2. The first-order valence-corrected chi connectivity index (χ1v) is 6.72. The zero-order chi connectivity index (χ0) is 13.2. The molecule has 4 nitrogen and oxygen atoms in total. The number of aromatic nitrogens is 2. The Morgan fingerprint density at radius 1 is 1.05 bits per heavy atom. The SMILES string of the molecule is Nc1nc(-c2ccncc2)cc(C2CCCC2)c1N. The summed E-state index contributed by atoms with van der Waals surface area (Å²) in [7, 11) is 0. The molecule has 0 atom stereocenters. The molecule has 0 aliphatic heterocycles. The van der Waals surface area contributed by atoms with Crippen LogP contribution in [-0.4, -0.2) is 9.97 Å². The van der Waals surface area contributed by atoms with Crippen molar-refractivity contribution in [1.29, 1.82) is 0 Å². The zero-order valence-corrected chi connectivity index (χ0v) is 10.8. The highest BCUT2D eigenvalue weighted by Gasteiger charge is 2.21. The van der Waals surface area contributed by atoms with Gasteiger partial charge in [-0.25, -0.2) is 4.98 Å². The fourth-order valence-electron chi connectivity index (χ4n) is 2.84. The van der Waals surface area contributed by atoms with E-state index in [1.165, 1.54) is 25.7 Å². The van der Waals surface area contributed by atoms with E-state index in [9.17, 15) is 0 Å². The summed E-state index contributed by atoms with van der Waals surface area (Å²) in [5.74, 6) is 0.974. The van der Waals surface area contributed by atoms with Crippen LogP contribution in [0.25, 0.3) is 11.3 Å². The van der Waals surface area contributed by atoms with Gasteiger partial charge in [0.1, 0.15) is 5.82 Å². The summed E-state index contributed by atoms with van der Waals surface area (Å²) in [4.78, 5) is 8.43. The molecule has 1 aliphatic rings. The van der Waals surface area contributed by atoms with Crippen molar-refractivity contribution >= 4 is 11.5 Å². The Hall–Kier alpha value is -2.10. The molecule has 4 heteroatoms. The molecule has 1 aliphatic carbocycles. The minimum atomic E-state index is 0.441. The normalized spacial score (nSPS) is 15.8. The van der Waals surface area contributed by atoms with Gasteiger partial charge in [0.15, 0.2) is 0 Å². The van der Waals surface area contributed by atoms with Crippen LogP contribution in [0.15, 0.2) is 30.6 Å². The highest BCUT2D eigenvalue weighted by molar-refractivity contribution is 5.71. The van der Waals surface area contributed by atoms with Gasteiger partial charge in [0.25, 0.3) is 0 Å². The van der Waals surface area contributed by atoms with Crippen LogP contribution in [0, 0.1) is 0 Å². The molecule has 0 unspecified atom stereocenters. The van der Waals surface area contributed by atoms with Crippen molar-refractivity contribution in [2.75, 3.05) is 11.5 Å². The van der Waals surface area contributed by atoms with Gasteiger partial charge in [-0.2, -0.15) is 0 Å². The Morgan fingerprint density at radius 3 is 2.42 bits per heavy atom. The van der Waals surface area contributed by atoms with Gasteiger partial charge in [-0.3, -0.25) is 4.98 Å². The second kappa shape index (κ2) is 4.88. The number of nitrogens with two attached hydrogens (primary N) is 2. The predicted octanol–water partition coefficient (Wildman–Crippen LogP) is 2.97. The molecule has 98 valence electrons. The molecule has 3 rings (SSSR count). The van der Waals surface area contributed by atoms with E-state index in [0.717, 1.165) is 16.8 Å². The molecule has 0 spiro atoms. The van der Waals surface area contributed by atoms with Gasteiger partial charge in [0.05, 0.1) is 11.4 Å². The lowest BCUT2D eigenvalue weighted by molar-refractivity contribution is 0.725. The highest BCUT2D eigenvalue weighted by atomic mass is 14.9. The van der Waals surface area contributed by atoms with Crippen molar-refractivity contribution in [1.82, 2.24) is 9.97 Å². The number of hydrogen-bond acceptors (Lipinski definition) is 4. The molecule has 1 saturated carbocycles. The van der Waals surface area contributed by atoms with Gasteiger partial charge in [0.2, 0.25) is 0 Å². The number of rotatable bonds is 2. The summed E-state index contributed by atoms with van der Waals surface area (Å²) in [5.41, 5.74) is 15.8. The molecular formula is C15H18N4. The van der Waals surface area contributed by atoms with Gasteiger partial charge >= 0.3 is 0 Å². The van der Waals surface area contributed by atoms with Crippen LogP contribution in [0.3, 0.4) is 0 Å². The number of nitrogens with zero attached hydrogens (tertiary/aromatic N) is 2. The molecular weight excluding hydrogens is 236 g/mol. The Morgan fingerprint density at radius 2 is 1.74 bits per heavy atom. The molecule has 1 fully saturated rings. The van der Waals surface area contributed by atoms with E-state index < -0.39 is 0 Å². The van der Waals surface area contributed by atoms with E-state index in [1.807, 2.05) is 12.1 Å². The standard InChI is InChI=1S/C15H18N4/c16-14-12(10-3-1-2-4-10)9-13(19-15(14)17)11-5-7-18-8-6-11/h5-10H,1-4,16H2,(H2,17,19). The van der Waals surface area contributed by atoms with Gasteiger partial charge in [-0.1, -0.05) is 12.8 Å². The minimum Gasteiger partial charge on any atom is -0.396 e. The van der Waals surface area contributed by atoms with Crippen LogP contribution in [0.4, 0.5) is 11.5 Å². The number of anilines is 2. The lowest BCUT2D eigenvalue weighted by Crippen LogP contribution is -2.06. The first-order valence-electron chi connectivity index (χ1n) is 6.72. The average molecular weight is 254 g/mol. The molecule has 0 radical (unpaired) electrons. The van der Waals surface area contributed by atoms with Crippen LogP contribution >= 0.6 is 0 Å². The number of hydrogen-bond donors (Lipinski definition) is 2. The van der Waals surface area contributed by atoms with E-state index >= 15 is 0 Å². The molecule has 0 bridgehead atoms. The summed E-state index contributed by atoms with van der Waals surface area (Å²) in [6.45, 7) is 0. The molecule has 19 heavy (non-hydrogen) atoms. The van der Waals surface area contributed by atoms with Crippen LogP contribution in [0.5, 0.6) is 0 Å². The summed E-state index contributed by atoms with van der Waals surface area (Å²) in [6, 6.07) is 5.98. The van der Waals surface area contributed by atoms with E-state index in [1.54, 1.807) is 12.4 Å². The summed E-state index contributed by atoms with van der Waals surface area (Å²) in [6.07, 6.45) is 8.47. The van der Waals surface area contributed by atoms with Crippen LogP contribution in [-0.2, 0) is 0 Å². The largest absolute Gasteiger partial charge is 0.396 e. The van der Waals surface area contributed by atoms with Gasteiger partial charge in [-0.15, -0.1) is 0 Å².